The van der Waals surface area contributed by atoms with Crippen LogP contribution in [0.1, 0.15) is 87.2 Å². The number of aliphatic hydroxyl groups is 1. The predicted molar refractivity (Wildman–Crippen MR) is 136 cm³/mol. The summed E-state index contributed by atoms with van der Waals surface area (Å²) in [4.78, 5) is 12.5. The molecule has 1 N–H and O–H groups in total. The monoisotopic (exact) mass is 515 g/mol. The average Bonchev–Trinajstić information content (AvgIpc) is 3.28. The lowest BCUT2D eigenvalue weighted by Gasteiger charge is -2.23. The molecule has 2 aromatic rings. The summed E-state index contributed by atoms with van der Waals surface area (Å²) >= 11 is 6.45. The Labute approximate surface area is 216 Å². The number of rotatable bonds is 9. The van der Waals surface area contributed by atoms with Crippen LogP contribution in [0.15, 0.2) is 42.2 Å². The molecule has 2 aliphatic rings. The molecule has 0 radical (unpaired) electrons. The lowest BCUT2D eigenvalue weighted by molar-refractivity contribution is -0.148. The maximum absolute atomic E-state index is 12.5. The number of methoxy groups -OCH3 is 1. The second-order valence-electron chi connectivity index (χ2n) is 9.07. The number of hydrogen-bond acceptors (Lipinski definition) is 7. The van der Waals surface area contributed by atoms with Gasteiger partial charge >= 0.3 is 5.97 Å². The Balaban J connectivity index is 1.76. The first-order chi connectivity index (χ1) is 17.5. The third kappa shape index (κ3) is 5.99. The van der Waals surface area contributed by atoms with Crippen molar-refractivity contribution in [2.75, 3.05) is 20.3 Å². The molecule has 9 heteroatoms. The highest BCUT2D eigenvalue weighted by molar-refractivity contribution is 6.30. The first kappa shape index (κ1) is 26.4. The van der Waals surface area contributed by atoms with E-state index in [9.17, 15) is 9.90 Å². The molecule has 1 aliphatic heterocycles. The van der Waals surface area contributed by atoms with Gasteiger partial charge in [0.2, 0.25) is 0 Å². The number of allylic oxidation sites excluding steroid dienone is 2. The number of carbonyl (C=O) groups is 1. The van der Waals surface area contributed by atoms with E-state index in [4.69, 9.17) is 25.8 Å². The molecular weight excluding hydrogens is 482 g/mol. The van der Waals surface area contributed by atoms with Gasteiger partial charge in [0.05, 0.1) is 31.9 Å². The van der Waals surface area contributed by atoms with Crippen molar-refractivity contribution in [1.82, 2.24) is 14.8 Å². The number of halogens is 1. The minimum Gasteiger partial charge on any atom is -0.499 e. The van der Waals surface area contributed by atoms with Crippen molar-refractivity contribution in [3.63, 3.8) is 0 Å². The highest BCUT2D eigenvalue weighted by Crippen LogP contribution is 2.43. The van der Waals surface area contributed by atoms with Crippen molar-refractivity contribution >= 4 is 17.6 Å². The van der Waals surface area contributed by atoms with Crippen molar-refractivity contribution in [2.24, 2.45) is 0 Å². The lowest BCUT2D eigenvalue weighted by Crippen LogP contribution is -2.17. The molecule has 194 valence electrons. The minimum atomic E-state index is -0.624. The number of hydrogen-bond donors (Lipinski definition) is 1. The molecule has 8 nitrogen and oxygen atoms in total. The van der Waals surface area contributed by atoms with Gasteiger partial charge in [-0.3, -0.25) is 9.36 Å². The number of carbonyl (C=O) groups excluding carboxylic acids is 1. The van der Waals surface area contributed by atoms with Crippen LogP contribution >= 0.6 is 11.6 Å². The fourth-order valence-electron chi connectivity index (χ4n) is 4.96. The van der Waals surface area contributed by atoms with Crippen LogP contribution in [0.4, 0.5) is 0 Å². The number of ether oxygens (including phenoxy) is 3. The SMILES string of the molecule is CCOC(=O)CC1OC(C/C=C\C=C(/CO)OC)c2cc(Cl)ccc2-n2c(C3CCCCC3)nnc21. The fraction of sp³-hybridized carbons (Fsp3) is 0.519. The molecule has 1 aromatic carbocycles. The molecule has 2 atom stereocenters. The lowest BCUT2D eigenvalue weighted by atomic mass is 9.88. The third-order valence-corrected chi connectivity index (χ3v) is 6.96. The summed E-state index contributed by atoms with van der Waals surface area (Å²) in [6.45, 7) is 1.90. The zero-order valence-electron chi connectivity index (χ0n) is 20.9. The maximum Gasteiger partial charge on any atom is 0.308 e. The largest absolute Gasteiger partial charge is 0.499 e. The maximum atomic E-state index is 12.5. The predicted octanol–water partition coefficient (Wildman–Crippen LogP) is 5.50. The first-order valence-electron chi connectivity index (χ1n) is 12.6. The van der Waals surface area contributed by atoms with Crippen LogP contribution in [-0.4, -0.2) is 46.2 Å². The van der Waals surface area contributed by atoms with Gasteiger partial charge in [-0.1, -0.05) is 43.0 Å². The zero-order chi connectivity index (χ0) is 25.5. The van der Waals surface area contributed by atoms with Crippen LogP contribution in [0, 0.1) is 0 Å². The molecule has 1 aliphatic carbocycles. The van der Waals surface area contributed by atoms with Crippen molar-refractivity contribution < 1.29 is 24.1 Å². The molecule has 0 spiro atoms. The Hall–Kier alpha value is -2.68. The van der Waals surface area contributed by atoms with Gasteiger partial charge in [-0.25, -0.2) is 0 Å². The van der Waals surface area contributed by atoms with Gasteiger partial charge in [-0.15, -0.1) is 10.2 Å². The van der Waals surface area contributed by atoms with Crippen molar-refractivity contribution in [1.29, 1.82) is 0 Å². The fourth-order valence-corrected chi connectivity index (χ4v) is 5.15. The molecule has 36 heavy (non-hydrogen) atoms. The van der Waals surface area contributed by atoms with E-state index in [2.05, 4.69) is 14.8 Å². The molecule has 1 aromatic heterocycles. The van der Waals surface area contributed by atoms with E-state index in [1.165, 1.54) is 26.4 Å². The summed E-state index contributed by atoms with van der Waals surface area (Å²) in [6, 6.07) is 5.77. The molecule has 0 saturated heterocycles. The Morgan fingerprint density at radius 2 is 2.00 bits per heavy atom. The number of esters is 1. The Kier molecular flexibility index (Phi) is 9.18. The number of nitrogens with zero attached hydrogens (tertiary/aromatic N) is 3. The van der Waals surface area contributed by atoms with Crippen LogP contribution in [0.25, 0.3) is 5.69 Å². The van der Waals surface area contributed by atoms with E-state index >= 15 is 0 Å². The van der Waals surface area contributed by atoms with Crippen molar-refractivity contribution in [3.05, 3.63) is 64.4 Å². The third-order valence-electron chi connectivity index (χ3n) is 6.72. The zero-order valence-corrected chi connectivity index (χ0v) is 21.6. The van der Waals surface area contributed by atoms with Crippen LogP contribution in [0.5, 0.6) is 0 Å². The summed E-state index contributed by atoms with van der Waals surface area (Å²) in [5.74, 6) is 1.95. The van der Waals surface area contributed by atoms with Gasteiger partial charge < -0.3 is 19.3 Å². The molecule has 1 saturated carbocycles. The standard InChI is InChI=1S/C27H34ClN3O5/c1-3-35-25(33)16-24-27-30-29-26(18-9-5-4-6-10-18)31(27)22-14-13-19(28)15-21(22)23(36-24)12-8-7-11-20(17-32)34-2/h7-8,11,13-15,18,23-24,32H,3-6,9-10,12,16-17H2,1-2H3/b8-7-,20-11+. The summed E-state index contributed by atoms with van der Waals surface area (Å²) < 4.78 is 19.0. The molecule has 1 fully saturated rings. The van der Waals surface area contributed by atoms with E-state index in [-0.39, 0.29) is 25.1 Å². The summed E-state index contributed by atoms with van der Waals surface area (Å²) in [6.07, 6.45) is 10.7. The van der Waals surface area contributed by atoms with Crippen LogP contribution in [-0.2, 0) is 19.0 Å². The quantitative estimate of drug-likeness (QED) is 0.267. The number of aliphatic hydroxyl groups excluding tert-OH is 1. The van der Waals surface area contributed by atoms with Crippen LogP contribution < -0.4 is 0 Å². The Morgan fingerprint density at radius 1 is 1.22 bits per heavy atom. The van der Waals surface area contributed by atoms with Crippen LogP contribution in [0.3, 0.4) is 0 Å². The highest BCUT2D eigenvalue weighted by atomic mass is 35.5. The van der Waals surface area contributed by atoms with E-state index in [1.54, 1.807) is 13.0 Å². The summed E-state index contributed by atoms with van der Waals surface area (Å²) in [7, 11) is 1.52. The molecule has 0 bridgehead atoms. The average molecular weight is 516 g/mol. The second-order valence-corrected chi connectivity index (χ2v) is 9.51. The first-order valence-corrected chi connectivity index (χ1v) is 13.0. The molecule has 4 rings (SSSR count). The van der Waals surface area contributed by atoms with Crippen LogP contribution in [0.2, 0.25) is 5.02 Å². The van der Waals surface area contributed by atoms with E-state index in [0.29, 0.717) is 35.6 Å². The van der Waals surface area contributed by atoms with Gasteiger partial charge in [0.1, 0.15) is 24.3 Å². The van der Waals surface area contributed by atoms with Gasteiger partial charge in [0.15, 0.2) is 5.82 Å². The Morgan fingerprint density at radius 3 is 2.72 bits per heavy atom. The normalized spacial score (nSPS) is 20.6. The summed E-state index contributed by atoms with van der Waals surface area (Å²) in [5.41, 5.74) is 1.84. The molecule has 0 amide bonds. The topological polar surface area (TPSA) is 95.7 Å². The van der Waals surface area contributed by atoms with Gasteiger partial charge in [-0.2, -0.15) is 0 Å². The molecular formula is C27H34ClN3O5. The van der Waals surface area contributed by atoms with E-state index in [0.717, 1.165) is 29.9 Å². The second kappa shape index (κ2) is 12.5. The number of benzene rings is 1. The van der Waals surface area contributed by atoms with E-state index in [1.807, 2.05) is 30.4 Å². The van der Waals surface area contributed by atoms with Gasteiger partial charge in [-0.05, 0) is 50.5 Å². The highest BCUT2D eigenvalue weighted by Gasteiger charge is 2.36. The van der Waals surface area contributed by atoms with Gasteiger partial charge in [0.25, 0.3) is 0 Å². The Bertz CT molecular complexity index is 1100. The minimum absolute atomic E-state index is 0.0385. The molecule has 2 heterocycles. The number of aromatic nitrogens is 3. The molecule has 2 unspecified atom stereocenters. The van der Waals surface area contributed by atoms with E-state index < -0.39 is 6.10 Å². The van der Waals surface area contributed by atoms with Crippen molar-refractivity contribution in [2.45, 2.75) is 70.0 Å². The van der Waals surface area contributed by atoms with Crippen molar-refractivity contribution in [3.8, 4) is 5.69 Å². The number of fused-ring (bicyclic) bond motifs is 3. The smallest absolute Gasteiger partial charge is 0.308 e. The van der Waals surface area contributed by atoms with Gasteiger partial charge in [0, 0.05) is 16.5 Å². The summed E-state index contributed by atoms with van der Waals surface area (Å²) in [5, 5.41) is 19.1.